The van der Waals surface area contributed by atoms with Crippen molar-refractivity contribution in [3.8, 4) is 0 Å². The van der Waals surface area contributed by atoms with E-state index in [0.717, 1.165) is 28.2 Å². The number of carbonyl (C=O) groups excluding carboxylic acids is 1. The maximum Gasteiger partial charge on any atom is 0.312 e. The van der Waals surface area contributed by atoms with Gasteiger partial charge in [-0.05, 0) is 37.1 Å². The fourth-order valence-electron chi connectivity index (χ4n) is 4.25. The summed E-state index contributed by atoms with van der Waals surface area (Å²) in [4.78, 5) is 27.3. The minimum atomic E-state index is -0.453. The number of pyridine rings is 1. The van der Waals surface area contributed by atoms with Crippen LogP contribution in [0.25, 0.3) is 5.52 Å². The van der Waals surface area contributed by atoms with E-state index in [1.807, 2.05) is 37.4 Å². The number of nitrogens with zero attached hydrogens (tertiary/aromatic N) is 7. The number of amides is 1. The molecule has 6 rings (SSSR count). The summed E-state index contributed by atoms with van der Waals surface area (Å²) in [6.07, 6.45) is 8.70. The van der Waals surface area contributed by atoms with Crippen LogP contribution in [0, 0.1) is 0 Å². The molecule has 0 fully saturated rings. The van der Waals surface area contributed by atoms with Gasteiger partial charge in [-0.1, -0.05) is 12.1 Å². The van der Waals surface area contributed by atoms with Gasteiger partial charge in [0.2, 0.25) is 5.89 Å². The topological polar surface area (TPSA) is 118 Å². The van der Waals surface area contributed by atoms with Crippen molar-refractivity contribution >= 4 is 17.6 Å². The SMILES string of the molecule is CC1=CCC(c2nnc(C(=O)N3CCc4[nH]cnc4[C@H]3c3cc4ccccn4n3)o2)N=C1. The van der Waals surface area contributed by atoms with Crippen molar-refractivity contribution in [2.24, 2.45) is 4.99 Å². The Morgan fingerprint density at radius 2 is 2.22 bits per heavy atom. The largest absolute Gasteiger partial charge is 0.415 e. The zero-order valence-corrected chi connectivity index (χ0v) is 17.3. The van der Waals surface area contributed by atoms with Crippen molar-refractivity contribution < 1.29 is 9.21 Å². The Bertz CT molecular complexity index is 1340. The number of rotatable bonds is 3. The van der Waals surface area contributed by atoms with Gasteiger partial charge in [-0.25, -0.2) is 9.50 Å². The Hall–Kier alpha value is -4.08. The predicted octanol–water partition coefficient (Wildman–Crippen LogP) is 2.69. The van der Waals surface area contributed by atoms with Crippen LogP contribution in [-0.4, -0.2) is 53.3 Å². The number of fused-ring (bicyclic) bond motifs is 2. The lowest BCUT2D eigenvalue weighted by atomic mass is 9.99. The summed E-state index contributed by atoms with van der Waals surface area (Å²) < 4.78 is 7.57. The van der Waals surface area contributed by atoms with Gasteiger partial charge < -0.3 is 14.3 Å². The molecule has 0 aliphatic carbocycles. The van der Waals surface area contributed by atoms with Crippen LogP contribution in [0.2, 0.25) is 0 Å². The number of nitrogens with one attached hydrogen (secondary N) is 1. The summed E-state index contributed by atoms with van der Waals surface area (Å²) in [5.41, 5.74) is 4.55. The molecule has 6 heterocycles. The number of dihydropyridines is 1. The lowest BCUT2D eigenvalue weighted by Crippen LogP contribution is -2.41. The maximum atomic E-state index is 13.5. The predicted molar refractivity (Wildman–Crippen MR) is 114 cm³/mol. The van der Waals surface area contributed by atoms with Crippen molar-refractivity contribution in [2.45, 2.75) is 31.8 Å². The van der Waals surface area contributed by atoms with E-state index >= 15 is 0 Å². The van der Waals surface area contributed by atoms with E-state index in [2.05, 4.69) is 31.2 Å². The highest BCUT2D eigenvalue weighted by molar-refractivity contribution is 5.90. The Labute approximate surface area is 182 Å². The Morgan fingerprint density at radius 3 is 3.06 bits per heavy atom. The van der Waals surface area contributed by atoms with Crippen molar-refractivity contribution in [1.29, 1.82) is 0 Å². The second-order valence-corrected chi connectivity index (χ2v) is 7.98. The Morgan fingerprint density at radius 1 is 1.28 bits per heavy atom. The van der Waals surface area contributed by atoms with Crippen molar-refractivity contribution in [1.82, 2.24) is 34.7 Å². The molecule has 4 aromatic rings. The van der Waals surface area contributed by atoms with Crippen LogP contribution >= 0.6 is 0 Å². The number of aliphatic imine (C=N–C) groups is 1. The first-order valence-corrected chi connectivity index (χ1v) is 10.5. The number of allylic oxidation sites excluding steroid dienone is 1. The zero-order chi connectivity index (χ0) is 21.7. The van der Waals surface area contributed by atoms with Crippen molar-refractivity contribution in [3.05, 3.63) is 77.3 Å². The molecule has 0 saturated heterocycles. The zero-order valence-electron chi connectivity index (χ0n) is 17.3. The number of H-pyrrole nitrogens is 1. The number of aromatic amines is 1. The van der Waals surface area contributed by atoms with Crippen LogP contribution in [0.5, 0.6) is 0 Å². The number of hydrogen-bond donors (Lipinski definition) is 1. The smallest absolute Gasteiger partial charge is 0.312 e. The molecule has 2 atom stereocenters. The van der Waals surface area contributed by atoms with Gasteiger partial charge >= 0.3 is 11.8 Å². The van der Waals surface area contributed by atoms with Gasteiger partial charge in [0, 0.05) is 31.1 Å². The molecule has 0 saturated carbocycles. The van der Waals surface area contributed by atoms with Gasteiger partial charge in [-0.15, -0.1) is 10.2 Å². The number of carbonyl (C=O) groups is 1. The first-order chi connectivity index (χ1) is 15.7. The third-order valence-electron chi connectivity index (χ3n) is 5.88. The molecule has 2 aliphatic rings. The molecule has 0 aromatic carbocycles. The van der Waals surface area contributed by atoms with Crippen LogP contribution < -0.4 is 0 Å². The average Bonchev–Trinajstić information content (AvgIpc) is 3.57. The lowest BCUT2D eigenvalue weighted by molar-refractivity contribution is 0.0643. The molecular weight excluding hydrogens is 408 g/mol. The monoisotopic (exact) mass is 428 g/mol. The van der Waals surface area contributed by atoms with Crippen LogP contribution in [0.1, 0.15) is 59.1 Å². The third-order valence-corrected chi connectivity index (χ3v) is 5.88. The highest BCUT2D eigenvalue weighted by Gasteiger charge is 2.38. The van der Waals surface area contributed by atoms with Gasteiger partial charge in [0.25, 0.3) is 0 Å². The number of imidazole rings is 1. The van der Waals surface area contributed by atoms with E-state index in [1.165, 1.54) is 0 Å². The maximum absolute atomic E-state index is 13.5. The van der Waals surface area contributed by atoms with Crippen molar-refractivity contribution in [2.75, 3.05) is 6.54 Å². The highest BCUT2D eigenvalue weighted by atomic mass is 16.4. The molecular formula is C22H20N8O2. The molecule has 0 radical (unpaired) electrons. The minimum Gasteiger partial charge on any atom is -0.415 e. The summed E-state index contributed by atoms with van der Waals surface area (Å²) in [6.45, 7) is 2.47. The van der Waals surface area contributed by atoms with Crippen LogP contribution in [0.15, 0.2) is 57.8 Å². The first-order valence-electron chi connectivity index (χ1n) is 10.5. The molecule has 10 nitrogen and oxygen atoms in total. The van der Waals surface area contributed by atoms with Gasteiger partial charge in [0.05, 0.1) is 23.2 Å². The fraction of sp³-hybridized carbons (Fsp3) is 0.273. The summed E-state index contributed by atoms with van der Waals surface area (Å²) in [6, 6.07) is 7.10. The highest BCUT2D eigenvalue weighted by Crippen LogP contribution is 2.34. The molecule has 160 valence electrons. The molecule has 0 bridgehead atoms. The molecule has 1 amide bonds. The van der Waals surface area contributed by atoms with E-state index in [1.54, 1.807) is 22.0 Å². The fourth-order valence-corrected chi connectivity index (χ4v) is 4.25. The molecule has 0 spiro atoms. The average molecular weight is 428 g/mol. The second-order valence-electron chi connectivity index (χ2n) is 7.98. The second kappa shape index (κ2) is 7.26. The molecule has 10 heteroatoms. The van der Waals surface area contributed by atoms with E-state index in [0.29, 0.717) is 25.3 Å². The van der Waals surface area contributed by atoms with Crippen LogP contribution in [0.4, 0.5) is 0 Å². The molecule has 1 unspecified atom stereocenters. The molecule has 4 aromatic heterocycles. The van der Waals surface area contributed by atoms with Crippen LogP contribution in [0.3, 0.4) is 0 Å². The standard InChI is InChI=1S/C22H20N8O2/c1-13-5-6-16(23-11-13)20-26-27-21(32-20)22(31)29-9-7-15-18(25-12-24-15)19(29)17-10-14-4-2-3-8-30(14)28-17/h2-5,8,10-12,16,19H,6-7,9H2,1H3,(H,24,25)/t16?,19-/m1/s1. The minimum absolute atomic E-state index is 0.0470. The summed E-state index contributed by atoms with van der Waals surface area (Å²) >= 11 is 0. The summed E-state index contributed by atoms with van der Waals surface area (Å²) in [5, 5.41) is 12.8. The van der Waals surface area contributed by atoms with E-state index in [4.69, 9.17) is 9.52 Å². The van der Waals surface area contributed by atoms with Gasteiger partial charge in [-0.3, -0.25) is 9.79 Å². The Kier molecular flexibility index (Phi) is 4.23. The third kappa shape index (κ3) is 3.03. The normalized spacial score (nSPS) is 20.4. The van der Waals surface area contributed by atoms with Gasteiger partial charge in [0.15, 0.2) is 0 Å². The van der Waals surface area contributed by atoms with Gasteiger partial charge in [0.1, 0.15) is 12.1 Å². The first kappa shape index (κ1) is 18.7. The van der Waals surface area contributed by atoms with E-state index < -0.39 is 6.04 Å². The van der Waals surface area contributed by atoms with E-state index in [9.17, 15) is 4.79 Å². The van der Waals surface area contributed by atoms with Crippen molar-refractivity contribution in [3.63, 3.8) is 0 Å². The molecule has 2 aliphatic heterocycles. The lowest BCUT2D eigenvalue weighted by Gasteiger charge is -2.32. The number of aromatic nitrogens is 6. The van der Waals surface area contributed by atoms with Gasteiger partial charge in [-0.2, -0.15) is 5.10 Å². The van der Waals surface area contributed by atoms with E-state index in [-0.39, 0.29) is 17.8 Å². The molecule has 32 heavy (non-hydrogen) atoms. The summed E-state index contributed by atoms with van der Waals surface area (Å²) in [7, 11) is 0. The Balaban J connectivity index is 1.35. The van der Waals surface area contributed by atoms with Crippen LogP contribution in [-0.2, 0) is 6.42 Å². The quantitative estimate of drug-likeness (QED) is 0.536. The molecule has 1 N–H and O–H groups in total. The number of hydrogen-bond acceptors (Lipinski definition) is 7. The summed E-state index contributed by atoms with van der Waals surface area (Å²) in [5.74, 6) is -0.0460.